The molecule has 3 aromatic rings. The van der Waals surface area contributed by atoms with Crippen LogP contribution < -0.4 is 0 Å². The summed E-state index contributed by atoms with van der Waals surface area (Å²) in [5.41, 5.74) is 4.24. The number of nitrogens with zero attached hydrogens (tertiary/aromatic N) is 4. The van der Waals surface area contributed by atoms with Gasteiger partial charge in [-0.25, -0.2) is 4.98 Å². The molecule has 26 heavy (non-hydrogen) atoms. The maximum atomic E-state index is 13.5. The van der Waals surface area contributed by atoms with Crippen molar-refractivity contribution in [3.63, 3.8) is 0 Å². The van der Waals surface area contributed by atoms with Crippen molar-refractivity contribution in [3.8, 4) is 0 Å². The molecule has 0 aliphatic heterocycles. The van der Waals surface area contributed by atoms with E-state index in [1.165, 1.54) is 0 Å². The monoisotopic (exact) mass is 350 g/mol. The van der Waals surface area contributed by atoms with Crippen LogP contribution in [0.3, 0.4) is 0 Å². The molecule has 0 aliphatic rings. The molecule has 2 heterocycles. The Morgan fingerprint density at radius 1 is 1.23 bits per heavy atom. The summed E-state index contributed by atoms with van der Waals surface area (Å²) in [4.78, 5) is 20.1. The van der Waals surface area contributed by atoms with Crippen LogP contribution in [0, 0.1) is 13.8 Å². The number of carbonyl (C=O) groups excluding carboxylic acids is 1. The lowest BCUT2D eigenvalue weighted by Gasteiger charge is -2.29. The Morgan fingerprint density at radius 3 is 2.58 bits per heavy atom. The number of carbonyl (C=O) groups is 1. The molecule has 0 spiro atoms. The van der Waals surface area contributed by atoms with E-state index in [0.29, 0.717) is 12.1 Å². The van der Waals surface area contributed by atoms with Crippen molar-refractivity contribution >= 4 is 16.9 Å². The van der Waals surface area contributed by atoms with E-state index < -0.39 is 0 Å². The van der Waals surface area contributed by atoms with Crippen molar-refractivity contribution in [2.45, 2.75) is 46.7 Å². The number of amides is 1. The van der Waals surface area contributed by atoms with Crippen LogP contribution in [-0.2, 0) is 13.6 Å². The van der Waals surface area contributed by atoms with Gasteiger partial charge in [-0.05, 0) is 38.8 Å². The summed E-state index contributed by atoms with van der Waals surface area (Å²) in [6.45, 7) is 8.65. The van der Waals surface area contributed by atoms with Crippen molar-refractivity contribution in [1.29, 1.82) is 0 Å². The highest BCUT2D eigenvalue weighted by molar-refractivity contribution is 6.06. The first kappa shape index (κ1) is 18.1. The highest BCUT2D eigenvalue weighted by Gasteiger charge is 2.25. The number of pyridine rings is 1. The molecular weight excluding hydrogens is 324 g/mol. The van der Waals surface area contributed by atoms with Gasteiger partial charge in [0.25, 0.3) is 5.91 Å². The minimum Gasteiger partial charge on any atom is -0.332 e. The second-order valence-electron chi connectivity index (χ2n) is 6.89. The van der Waals surface area contributed by atoms with E-state index in [2.05, 4.69) is 36.1 Å². The smallest absolute Gasteiger partial charge is 0.255 e. The summed E-state index contributed by atoms with van der Waals surface area (Å²) < 4.78 is 1.75. The zero-order chi connectivity index (χ0) is 18.8. The molecule has 1 atom stereocenters. The predicted molar refractivity (Wildman–Crippen MR) is 104 cm³/mol. The van der Waals surface area contributed by atoms with Crippen molar-refractivity contribution in [1.82, 2.24) is 19.7 Å². The van der Waals surface area contributed by atoms with Crippen molar-refractivity contribution in [2.75, 3.05) is 0 Å². The van der Waals surface area contributed by atoms with Gasteiger partial charge in [0.15, 0.2) is 5.65 Å². The molecule has 2 aromatic heterocycles. The van der Waals surface area contributed by atoms with E-state index in [0.717, 1.165) is 34.4 Å². The average molecular weight is 350 g/mol. The molecule has 136 valence electrons. The number of hydrogen-bond acceptors (Lipinski definition) is 3. The third kappa shape index (κ3) is 3.34. The first-order valence-electron chi connectivity index (χ1n) is 9.08. The van der Waals surface area contributed by atoms with Gasteiger partial charge in [-0.2, -0.15) is 5.10 Å². The highest BCUT2D eigenvalue weighted by Crippen LogP contribution is 2.25. The maximum Gasteiger partial charge on any atom is 0.255 e. The van der Waals surface area contributed by atoms with Crippen LogP contribution >= 0.6 is 0 Å². The summed E-state index contributed by atoms with van der Waals surface area (Å²) in [5.74, 6) is 0.0369. The number of fused-ring (bicyclic) bond motifs is 1. The first-order chi connectivity index (χ1) is 12.4. The molecule has 0 unspecified atom stereocenters. The van der Waals surface area contributed by atoms with Gasteiger partial charge in [0.1, 0.15) is 0 Å². The molecule has 5 nitrogen and oxygen atoms in total. The van der Waals surface area contributed by atoms with Gasteiger partial charge < -0.3 is 4.90 Å². The molecule has 0 fully saturated rings. The van der Waals surface area contributed by atoms with Crippen molar-refractivity contribution in [3.05, 3.63) is 58.9 Å². The van der Waals surface area contributed by atoms with Crippen LogP contribution in [0.4, 0.5) is 0 Å². The second kappa shape index (κ2) is 7.28. The molecule has 0 radical (unpaired) electrons. The van der Waals surface area contributed by atoms with E-state index in [9.17, 15) is 4.79 Å². The zero-order valence-electron chi connectivity index (χ0n) is 16.2. The van der Waals surface area contributed by atoms with Crippen LogP contribution in [0.5, 0.6) is 0 Å². The van der Waals surface area contributed by atoms with Crippen molar-refractivity contribution in [2.24, 2.45) is 7.05 Å². The lowest BCUT2D eigenvalue weighted by molar-refractivity contribution is 0.0673. The Hall–Kier alpha value is -2.69. The third-order valence-electron chi connectivity index (χ3n) is 4.91. The van der Waals surface area contributed by atoms with Gasteiger partial charge in [-0.1, -0.05) is 37.3 Å². The fraction of sp³-hybridized carbons (Fsp3) is 0.381. The number of benzene rings is 1. The maximum absolute atomic E-state index is 13.5. The van der Waals surface area contributed by atoms with Crippen LogP contribution in [0.2, 0.25) is 0 Å². The molecule has 1 aromatic carbocycles. The van der Waals surface area contributed by atoms with E-state index in [4.69, 9.17) is 0 Å². The quantitative estimate of drug-likeness (QED) is 0.698. The Labute approximate surface area is 154 Å². The fourth-order valence-electron chi connectivity index (χ4n) is 3.32. The molecule has 0 saturated heterocycles. The van der Waals surface area contributed by atoms with Gasteiger partial charge in [-0.3, -0.25) is 9.48 Å². The van der Waals surface area contributed by atoms with Crippen LogP contribution in [-0.4, -0.2) is 31.6 Å². The Morgan fingerprint density at radius 2 is 1.92 bits per heavy atom. The van der Waals surface area contributed by atoms with Crippen LogP contribution in [0.1, 0.15) is 47.6 Å². The SMILES string of the molecule is CC[C@@H](C)N(Cc1ccccc1)C(=O)c1cc(C)nc2c1c(C)nn2C. The molecule has 5 heteroatoms. The number of aryl methyl sites for hydroxylation is 3. The highest BCUT2D eigenvalue weighted by atomic mass is 16.2. The Bertz CT molecular complexity index is 930. The second-order valence-corrected chi connectivity index (χ2v) is 6.89. The number of aromatic nitrogens is 3. The van der Waals surface area contributed by atoms with Gasteiger partial charge in [-0.15, -0.1) is 0 Å². The third-order valence-corrected chi connectivity index (χ3v) is 4.91. The normalized spacial score (nSPS) is 12.3. The first-order valence-corrected chi connectivity index (χ1v) is 9.08. The number of rotatable bonds is 5. The molecule has 3 rings (SSSR count). The Balaban J connectivity index is 2.08. The zero-order valence-corrected chi connectivity index (χ0v) is 16.2. The van der Waals surface area contributed by atoms with Gasteiger partial charge in [0.05, 0.1) is 16.6 Å². The molecule has 0 bridgehead atoms. The summed E-state index contributed by atoms with van der Waals surface area (Å²) in [5, 5.41) is 5.32. The molecule has 0 aliphatic carbocycles. The van der Waals surface area contributed by atoms with E-state index >= 15 is 0 Å². The van der Waals surface area contributed by atoms with Gasteiger partial charge >= 0.3 is 0 Å². The minimum absolute atomic E-state index is 0.0369. The van der Waals surface area contributed by atoms with E-state index in [-0.39, 0.29) is 11.9 Å². The van der Waals surface area contributed by atoms with E-state index in [1.54, 1.807) is 4.68 Å². The largest absolute Gasteiger partial charge is 0.332 e. The standard InChI is InChI=1S/C21H26N4O/c1-6-15(3)25(13-17-10-8-7-9-11-17)21(26)18-12-14(2)22-20-19(18)16(4)23-24(20)5/h7-12,15H,6,13H2,1-5H3/t15-/m1/s1. The van der Waals surface area contributed by atoms with Crippen LogP contribution in [0.25, 0.3) is 11.0 Å². The lowest BCUT2D eigenvalue weighted by Crippen LogP contribution is -2.38. The topological polar surface area (TPSA) is 51.0 Å². The van der Waals surface area contributed by atoms with E-state index in [1.807, 2.05) is 50.1 Å². The van der Waals surface area contributed by atoms with Crippen molar-refractivity contribution < 1.29 is 4.79 Å². The summed E-state index contributed by atoms with van der Waals surface area (Å²) in [7, 11) is 1.87. The fourth-order valence-corrected chi connectivity index (χ4v) is 3.32. The van der Waals surface area contributed by atoms with Gasteiger partial charge in [0.2, 0.25) is 0 Å². The molecule has 1 amide bonds. The predicted octanol–water partition coefficient (Wildman–Crippen LogP) is 4.03. The molecule has 0 N–H and O–H groups in total. The Kier molecular flexibility index (Phi) is 5.07. The number of hydrogen-bond donors (Lipinski definition) is 0. The van der Waals surface area contributed by atoms with Crippen LogP contribution in [0.15, 0.2) is 36.4 Å². The average Bonchev–Trinajstić information content (AvgIpc) is 2.92. The molecular formula is C21H26N4O. The van der Waals surface area contributed by atoms with Gasteiger partial charge in [0, 0.05) is 25.3 Å². The summed E-state index contributed by atoms with van der Waals surface area (Å²) >= 11 is 0. The lowest BCUT2D eigenvalue weighted by atomic mass is 10.1. The summed E-state index contributed by atoms with van der Waals surface area (Å²) in [6, 6.07) is 12.2. The summed E-state index contributed by atoms with van der Waals surface area (Å²) in [6.07, 6.45) is 0.901. The minimum atomic E-state index is 0.0369. The molecule has 0 saturated carbocycles.